The summed E-state index contributed by atoms with van der Waals surface area (Å²) in [4.78, 5) is 64.1. The number of carbonyl (C=O) groups excluding carboxylic acids is 5. The van der Waals surface area contributed by atoms with E-state index in [-0.39, 0.29) is 56.3 Å². The highest BCUT2D eigenvalue weighted by Crippen LogP contribution is 2.18. The normalized spacial score (nSPS) is 20.7. The van der Waals surface area contributed by atoms with E-state index in [4.69, 9.17) is 0 Å². The van der Waals surface area contributed by atoms with Gasteiger partial charge in [0.1, 0.15) is 17.9 Å². The van der Waals surface area contributed by atoms with Crippen molar-refractivity contribution in [2.45, 2.75) is 44.2 Å². The number of halogens is 1. The summed E-state index contributed by atoms with van der Waals surface area (Å²) in [5.74, 6) is -3.66. The minimum atomic E-state index is -1.25. The van der Waals surface area contributed by atoms with Gasteiger partial charge in [0.2, 0.25) is 17.7 Å². The summed E-state index contributed by atoms with van der Waals surface area (Å²) in [7, 11) is 0. The smallest absolute Gasteiger partial charge is 0.254 e. The second-order valence-electron chi connectivity index (χ2n) is 8.08. The van der Waals surface area contributed by atoms with Gasteiger partial charge >= 0.3 is 0 Å². The van der Waals surface area contributed by atoms with Crippen LogP contribution >= 0.6 is 0 Å². The van der Waals surface area contributed by atoms with Crippen molar-refractivity contribution in [3.63, 3.8) is 0 Å². The van der Waals surface area contributed by atoms with Crippen LogP contribution in [0.15, 0.2) is 24.3 Å². The van der Waals surface area contributed by atoms with Crippen molar-refractivity contribution in [1.82, 2.24) is 20.4 Å². The Morgan fingerprint density at radius 1 is 1.18 bits per heavy atom. The zero-order valence-corrected chi connectivity index (χ0v) is 18.0. The lowest BCUT2D eigenvalue weighted by Gasteiger charge is -2.41. The fraction of sp³-hybridized carbons (Fsp3) is 0.500. The van der Waals surface area contributed by atoms with Crippen LogP contribution in [0.4, 0.5) is 4.39 Å². The van der Waals surface area contributed by atoms with Gasteiger partial charge in [0, 0.05) is 37.6 Å². The van der Waals surface area contributed by atoms with Crippen molar-refractivity contribution in [1.29, 1.82) is 0 Å². The largest absolute Gasteiger partial charge is 0.550 e. The second kappa shape index (κ2) is 10.9. The monoisotopic (exact) mass is 461 g/mol. The Morgan fingerprint density at radius 2 is 1.97 bits per heavy atom. The molecular weight excluding hydrogens is 435 g/mol. The van der Waals surface area contributed by atoms with Gasteiger partial charge in [-0.1, -0.05) is 6.07 Å². The number of piperazine rings is 1. The third kappa shape index (κ3) is 6.27. The van der Waals surface area contributed by atoms with E-state index in [1.54, 1.807) is 0 Å². The van der Waals surface area contributed by atoms with Gasteiger partial charge in [0.15, 0.2) is 0 Å². The van der Waals surface area contributed by atoms with Crippen LogP contribution in [0.25, 0.3) is 0 Å². The SMILES string of the molecule is O=C([O-])CCCC(=O)N1CCN(C(=O)c2cccc(F)c2)[C@H](C(=O)N[C@H]2CCCNC2=O)C1. The molecule has 10 nitrogen and oxygen atoms in total. The molecule has 178 valence electrons. The Morgan fingerprint density at radius 3 is 2.67 bits per heavy atom. The minimum Gasteiger partial charge on any atom is -0.550 e. The molecule has 4 amide bonds. The Balaban J connectivity index is 1.76. The molecule has 0 aromatic heterocycles. The summed E-state index contributed by atoms with van der Waals surface area (Å²) in [6.07, 6.45) is 0.947. The summed E-state index contributed by atoms with van der Waals surface area (Å²) in [6.45, 7) is 0.563. The van der Waals surface area contributed by atoms with Gasteiger partial charge in [-0.2, -0.15) is 0 Å². The van der Waals surface area contributed by atoms with Crippen LogP contribution in [0.1, 0.15) is 42.5 Å². The molecule has 2 saturated heterocycles. The van der Waals surface area contributed by atoms with Crippen LogP contribution < -0.4 is 15.7 Å². The Bertz CT molecular complexity index is 939. The first-order chi connectivity index (χ1) is 15.8. The number of aliphatic carboxylic acids is 1. The van der Waals surface area contributed by atoms with Gasteiger partial charge in [-0.25, -0.2) is 4.39 Å². The topological polar surface area (TPSA) is 139 Å². The predicted molar refractivity (Wildman–Crippen MR) is 111 cm³/mol. The van der Waals surface area contributed by atoms with Crippen molar-refractivity contribution >= 4 is 29.6 Å². The van der Waals surface area contributed by atoms with Gasteiger partial charge in [-0.15, -0.1) is 0 Å². The number of carbonyl (C=O) groups is 5. The maximum atomic E-state index is 13.7. The molecule has 0 unspecified atom stereocenters. The van der Waals surface area contributed by atoms with Gasteiger partial charge in [-0.05, 0) is 43.9 Å². The molecule has 2 fully saturated rings. The standard InChI is InChI=1S/C22H27FN4O6/c23-15-5-1-4-14(12-15)22(33)27-11-10-26(18(28)7-2-8-19(29)30)13-17(27)21(32)25-16-6-3-9-24-20(16)31/h1,4-5,12,16-17H,2-3,6-11,13H2,(H,24,31)(H,25,32)(H,29,30)/p-1/t16-,17-/m0/s1. The predicted octanol–water partition coefficient (Wildman–Crippen LogP) is -1.21. The van der Waals surface area contributed by atoms with Crippen LogP contribution in [0.3, 0.4) is 0 Å². The number of piperidine rings is 1. The zero-order chi connectivity index (χ0) is 24.0. The van der Waals surface area contributed by atoms with Gasteiger partial charge in [-0.3, -0.25) is 19.2 Å². The average molecular weight is 461 g/mol. The van der Waals surface area contributed by atoms with Crippen LogP contribution in [-0.4, -0.2) is 77.7 Å². The van der Waals surface area contributed by atoms with Gasteiger partial charge < -0.3 is 30.3 Å². The summed E-state index contributed by atoms with van der Waals surface area (Å²) >= 11 is 0. The highest BCUT2D eigenvalue weighted by molar-refractivity contribution is 5.99. The summed E-state index contributed by atoms with van der Waals surface area (Å²) < 4.78 is 13.7. The average Bonchev–Trinajstić information content (AvgIpc) is 2.79. The third-order valence-corrected chi connectivity index (χ3v) is 5.74. The number of carboxylic acids is 1. The van der Waals surface area contributed by atoms with E-state index in [9.17, 15) is 33.5 Å². The fourth-order valence-electron chi connectivity index (χ4n) is 3.98. The van der Waals surface area contributed by atoms with Crippen molar-refractivity contribution in [3.05, 3.63) is 35.6 Å². The number of nitrogens with one attached hydrogen (secondary N) is 2. The fourth-order valence-corrected chi connectivity index (χ4v) is 3.98. The molecule has 3 rings (SSSR count). The molecule has 0 bridgehead atoms. The first-order valence-electron chi connectivity index (χ1n) is 10.9. The van der Waals surface area contributed by atoms with Crippen molar-refractivity contribution in [3.8, 4) is 0 Å². The molecule has 1 aromatic carbocycles. The maximum absolute atomic E-state index is 13.7. The minimum absolute atomic E-state index is 0.0243. The van der Waals surface area contributed by atoms with E-state index in [1.807, 2.05) is 0 Å². The quantitative estimate of drug-likeness (QED) is 0.523. The Hall–Kier alpha value is -3.50. The zero-order valence-electron chi connectivity index (χ0n) is 18.0. The molecule has 0 aliphatic carbocycles. The number of rotatable bonds is 7. The van der Waals surface area contributed by atoms with E-state index in [2.05, 4.69) is 10.6 Å². The summed E-state index contributed by atoms with van der Waals surface area (Å²) in [5.41, 5.74) is 0.0666. The molecule has 0 spiro atoms. The number of benzene rings is 1. The summed E-state index contributed by atoms with van der Waals surface area (Å²) in [6, 6.07) is 3.27. The van der Waals surface area contributed by atoms with Gasteiger partial charge in [0.05, 0.1) is 6.54 Å². The van der Waals surface area contributed by atoms with E-state index >= 15 is 0 Å². The highest BCUT2D eigenvalue weighted by Gasteiger charge is 2.38. The lowest BCUT2D eigenvalue weighted by atomic mass is 10.0. The second-order valence-corrected chi connectivity index (χ2v) is 8.08. The van der Waals surface area contributed by atoms with E-state index in [1.165, 1.54) is 28.0 Å². The molecule has 1 aromatic rings. The van der Waals surface area contributed by atoms with E-state index in [0.717, 1.165) is 6.07 Å². The molecule has 0 saturated carbocycles. The van der Waals surface area contributed by atoms with E-state index in [0.29, 0.717) is 19.4 Å². The molecule has 2 N–H and O–H groups in total. The van der Waals surface area contributed by atoms with Crippen molar-refractivity contribution in [2.75, 3.05) is 26.2 Å². The molecule has 11 heteroatoms. The highest BCUT2D eigenvalue weighted by atomic mass is 19.1. The Kier molecular flexibility index (Phi) is 7.96. The van der Waals surface area contributed by atoms with Crippen LogP contribution in [0.5, 0.6) is 0 Å². The molecule has 2 heterocycles. The lowest BCUT2D eigenvalue weighted by Crippen LogP contribution is -2.63. The van der Waals surface area contributed by atoms with Crippen LogP contribution in [-0.2, 0) is 19.2 Å². The number of amides is 4. The maximum Gasteiger partial charge on any atom is 0.254 e. The molecule has 2 atom stereocenters. The van der Waals surface area contributed by atoms with Gasteiger partial charge in [0.25, 0.3) is 5.91 Å². The van der Waals surface area contributed by atoms with Crippen LogP contribution in [0, 0.1) is 5.82 Å². The lowest BCUT2D eigenvalue weighted by molar-refractivity contribution is -0.305. The molecule has 33 heavy (non-hydrogen) atoms. The number of hydrogen-bond donors (Lipinski definition) is 2. The molecule has 0 radical (unpaired) electrons. The van der Waals surface area contributed by atoms with Crippen molar-refractivity contribution in [2.24, 2.45) is 0 Å². The number of hydrogen-bond acceptors (Lipinski definition) is 6. The van der Waals surface area contributed by atoms with E-state index < -0.39 is 35.7 Å². The molecular formula is C22H26FN4O6-. The first-order valence-corrected chi connectivity index (χ1v) is 10.9. The molecule has 2 aliphatic rings. The summed E-state index contributed by atoms with van der Waals surface area (Å²) in [5, 5.41) is 15.9. The van der Waals surface area contributed by atoms with Crippen LogP contribution in [0.2, 0.25) is 0 Å². The number of nitrogens with zero attached hydrogens (tertiary/aromatic N) is 2. The third-order valence-electron chi connectivity index (χ3n) is 5.74. The first kappa shape index (κ1) is 24.1. The van der Waals surface area contributed by atoms with Crippen molar-refractivity contribution < 1.29 is 33.5 Å². The Labute approximate surface area is 190 Å². The number of carboxylic acid groups (broad SMARTS) is 1. The molecule has 2 aliphatic heterocycles.